The van der Waals surface area contributed by atoms with Crippen molar-refractivity contribution in [1.29, 1.82) is 0 Å². The number of carbonyl (C=O) groups excluding carboxylic acids is 1. The molecule has 4 heteroatoms. The molecule has 0 aliphatic carbocycles. The van der Waals surface area contributed by atoms with Crippen molar-refractivity contribution in [1.82, 2.24) is 4.90 Å². The van der Waals surface area contributed by atoms with Gasteiger partial charge in [0.15, 0.2) is 0 Å². The molecular weight excluding hydrogens is 194 g/mol. The van der Waals surface area contributed by atoms with Crippen LogP contribution in [0.5, 0.6) is 0 Å². The minimum atomic E-state index is -0.375. The van der Waals surface area contributed by atoms with E-state index in [1.807, 2.05) is 4.90 Å². The van der Waals surface area contributed by atoms with Crippen molar-refractivity contribution in [2.45, 2.75) is 51.4 Å². The lowest BCUT2D eigenvalue weighted by molar-refractivity contribution is -0.142. The van der Waals surface area contributed by atoms with E-state index in [0.29, 0.717) is 6.42 Å². The summed E-state index contributed by atoms with van der Waals surface area (Å²) in [7, 11) is 1.54. The van der Waals surface area contributed by atoms with Gasteiger partial charge in [0.05, 0.1) is 6.10 Å². The van der Waals surface area contributed by atoms with Crippen LogP contribution in [0, 0.1) is 0 Å². The Morgan fingerprint density at radius 3 is 2.80 bits per heavy atom. The maximum atomic E-state index is 11.9. The van der Waals surface area contributed by atoms with E-state index in [4.69, 9.17) is 4.74 Å². The fourth-order valence-corrected chi connectivity index (χ4v) is 2.10. The first-order valence-corrected chi connectivity index (χ1v) is 5.57. The number of hydrogen-bond acceptors (Lipinski definition) is 3. The molecule has 1 amide bonds. The van der Waals surface area contributed by atoms with Crippen LogP contribution in [0.15, 0.2) is 0 Å². The Balaban J connectivity index is 2.55. The summed E-state index contributed by atoms with van der Waals surface area (Å²) in [4.78, 5) is 13.7. The molecule has 4 nitrogen and oxygen atoms in total. The van der Waals surface area contributed by atoms with Crippen LogP contribution in [0.25, 0.3) is 0 Å². The molecule has 1 fully saturated rings. The maximum Gasteiger partial charge on any atom is 0.251 e. The molecule has 0 aromatic rings. The van der Waals surface area contributed by atoms with Crippen LogP contribution in [-0.2, 0) is 9.53 Å². The van der Waals surface area contributed by atoms with Gasteiger partial charge < -0.3 is 14.7 Å². The summed E-state index contributed by atoms with van der Waals surface area (Å²) in [5, 5.41) is 9.34. The van der Waals surface area contributed by atoms with Crippen LogP contribution in [0.2, 0.25) is 0 Å². The lowest BCUT2D eigenvalue weighted by atomic mass is 10.1. The number of likely N-dealkylation sites (tertiary alicyclic amines) is 1. The summed E-state index contributed by atoms with van der Waals surface area (Å²) in [6, 6.07) is 0.190. The van der Waals surface area contributed by atoms with Gasteiger partial charge in [-0.1, -0.05) is 0 Å². The molecule has 1 N–H and O–H groups in total. The third-order valence-corrected chi connectivity index (χ3v) is 2.97. The number of rotatable bonds is 4. The van der Waals surface area contributed by atoms with Crippen LogP contribution in [0.1, 0.15) is 33.1 Å². The molecule has 1 rings (SSSR count). The van der Waals surface area contributed by atoms with Crippen molar-refractivity contribution in [3.05, 3.63) is 0 Å². The first kappa shape index (κ1) is 12.5. The Kier molecular flexibility index (Phi) is 4.54. The maximum absolute atomic E-state index is 11.9. The third kappa shape index (κ3) is 3.18. The van der Waals surface area contributed by atoms with E-state index in [1.165, 1.54) is 0 Å². The highest BCUT2D eigenvalue weighted by molar-refractivity contribution is 5.81. The Morgan fingerprint density at radius 1 is 1.60 bits per heavy atom. The largest absolute Gasteiger partial charge is 0.393 e. The monoisotopic (exact) mass is 215 g/mol. The molecule has 0 spiro atoms. The van der Waals surface area contributed by atoms with Gasteiger partial charge in [0, 0.05) is 19.7 Å². The molecule has 1 aliphatic heterocycles. The van der Waals surface area contributed by atoms with Gasteiger partial charge in [-0.05, 0) is 33.1 Å². The first-order chi connectivity index (χ1) is 7.06. The fourth-order valence-electron chi connectivity index (χ4n) is 2.10. The molecule has 0 aromatic heterocycles. The zero-order chi connectivity index (χ0) is 11.4. The highest BCUT2D eigenvalue weighted by Crippen LogP contribution is 2.22. The minimum absolute atomic E-state index is 0.0423. The molecular formula is C11H21NO3. The van der Waals surface area contributed by atoms with Crippen molar-refractivity contribution in [2.24, 2.45) is 0 Å². The first-order valence-electron chi connectivity index (χ1n) is 5.57. The quantitative estimate of drug-likeness (QED) is 0.754. The van der Waals surface area contributed by atoms with E-state index in [2.05, 4.69) is 0 Å². The van der Waals surface area contributed by atoms with Crippen molar-refractivity contribution in [2.75, 3.05) is 13.7 Å². The van der Waals surface area contributed by atoms with E-state index in [9.17, 15) is 9.90 Å². The summed E-state index contributed by atoms with van der Waals surface area (Å²) >= 11 is 0. The highest BCUT2D eigenvalue weighted by atomic mass is 16.5. The molecule has 1 heterocycles. The smallest absolute Gasteiger partial charge is 0.251 e. The fraction of sp³-hybridized carbons (Fsp3) is 0.909. The summed E-state index contributed by atoms with van der Waals surface area (Å²) < 4.78 is 5.02. The minimum Gasteiger partial charge on any atom is -0.393 e. The second-order valence-corrected chi connectivity index (χ2v) is 4.29. The molecule has 1 saturated heterocycles. The van der Waals surface area contributed by atoms with Gasteiger partial charge in [0.2, 0.25) is 0 Å². The second-order valence-electron chi connectivity index (χ2n) is 4.29. The van der Waals surface area contributed by atoms with E-state index >= 15 is 0 Å². The number of aliphatic hydroxyl groups excluding tert-OH is 1. The topological polar surface area (TPSA) is 49.8 Å². The average molecular weight is 215 g/mol. The van der Waals surface area contributed by atoms with Gasteiger partial charge in [0.25, 0.3) is 5.91 Å². The molecule has 15 heavy (non-hydrogen) atoms. The zero-order valence-electron chi connectivity index (χ0n) is 9.77. The molecule has 88 valence electrons. The lowest BCUT2D eigenvalue weighted by Gasteiger charge is -2.27. The molecule has 0 aromatic carbocycles. The van der Waals surface area contributed by atoms with Gasteiger partial charge in [-0.3, -0.25) is 4.79 Å². The third-order valence-electron chi connectivity index (χ3n) is 2.97. The van der Waals surface area contributed by atoms with Crippen molar-refractivity contribution in [3.63, 3.8) is 0 Å². The number of hydrogen-bond donors (Lipinski definition) is 1. The van der Waals surface area contributed by atoms with E-state index in [-0.39, 0.29) is 24.2 Å². The standard InChI is InChI=1S/C11H21NO3/c1-8(13)7-10-5-4-6-12(10)11(14)9(2)15-3/h8-10,13H,4-7H2,1-3H3. The van der Waals surface area contributed by atoms with Crippen LogP contribution in [0.4, 0.5) is 0 Å². The van der Waals surface area contributed by atoms with Gasteiger partial charge >= 0.3 is 0 Å². The normalized spacial score (nSPS) is 25.3. The number of methoxy groups -OCH3 is 1. The van der Waals surface area contributed by atoms with Crippen molar-refractivity contribution in [3.8, 4) is 0 Å². The summed E-state index contributed by atoms with van der Waals surface area (Å²) in [6.07, 6.45) is 1.97. The number of ether oxygens (including phenoxy) is 1. The van der Waals surface area contributed by atoms with Crippen LogP contribution < -0.4 is 0 Å². The van der Waals surface area contributed by atoms with Gasteiger partial charge in [-0.2, -0.15) is 0 Å². The molecule has 3 atom stereocenters. The van der Waals surface area contributed by atoms with E-state index < -0.39 is 0 Å². The van der Waals surface area contributed by atoms with Gasteiger partial charge in [-0.15, -0.1) is 0 Å². The van der Waals surface area contributed by atoms with Crippen LogP contribution in [0.3, 0.4) is 0 Å². The lowest BCUT2D eigenvalue weighted by Crippen LogP contribution is -2.42. The number of nitrogens with zero attached hydrogens (tertiary/aromatic N) is 1. The van der Waals surface area contributed by atoms with Gasteiger partial charge in [-0.25, -0.2) is 0 Å². The summed E-state index contributed by atoms with van der Waals surface area (Å²) in [5.74, 6) is 0.0423. The molecule has 0 radical (unpaired) electrons. The summed E-state index contributed by atoms with van der Waals surface area (Å²) in [6.45, 7) is 4.32. The Morgan fingerprint density at radius 2 is 2.27 bits per heavy atom. The van der Waals surface area contributed by atoms with Crippen molar-refractivity contribution >= 4 is 5.91 Å². The van der Waals surface area contributed by atoms with Crippen molar-refractivity contribution < 1.29 is 14.6 Å². The Hall–Kier alpha value is -0.610. The molecule has 3 unspecified atom stereocenters. The highest BCUT2D eigenvalue weighted by Gasteiger charge is 2.31. The number of carbonyl (C=O) groups is 1. The van der Waals surface area contributed by atoms with Crippen LogP contribution in [-0.4, -0.2) is 47.8 Å². The Labute approximate surface area is 91.2 Å². The summed E-state index contributed by atoms with van der Waals surface area (Å²) in [5.41, 5.74) is 0. The van der Waals surface area contributed by atoms with Crippen LogP contribution >= 0.6 is 0 Å². The molecule has 0 saturated carbocycles. The number of amides is 1. The van der Waals surface area contributed by atoms with Gasteiger partial charge in [0.1, 0.15) is 6.10 Å². The Bertz CT molecular complexity index is 218. The van der Waals surface area contributed by atoms with E-state index in [1.54, 1.807) is 21.0 Å². The SMILES string of the molecule is COC(C)C(=O)N1CCCC1CC(C)O. The average Bonchev–Trinajstić information content (AvgIpc) is 2.62. The zero-order valence-corrected chi connectivity index (χ0v) is 9.77. The predicted octanol–water partition coefficient (Wildman–Crippen LogP) is 0.783. The molecule has 0 bridgehead atoms. The predicted molar refractivity (Wildman–Crippen MR) is 57.5 cm³/mol. The van der Waals surface area contributed by atoms with E-state index in [0.717, 1.165) is 19.4 Å². The second kappa shape index (κ2) is 5.47. The molecule has 1 aliphatic rings. The number of aliphatic hydroxyl groups is 1.